The van der Waals surface area contributed by atoms with Gasteiger partial charge in [-0.05, 0) is 34.1 Å². The molecule has 6 nitrogen and oxygen atoms in total. The second-order valence-corrected chi connectivity index (χ2v) is 5.48. The minimum atomic E-state index is -0.596. The lowest BCUT2D eigenvalue weighted by Gasteiger charge is -2.27. The molecular formula is C14H24N2O4. The summed E-state index contributed by atoms with van der Waals surface area (Å²) in [5.41, 5.74) is 4.52. The fourth-order valence-electron chi connectivity index (χ4n) is 1.48. The third kappa shape index (κ3) is 9.22. The zero-order chi connectivity index (χ0) is 15.8. The van der Waals surface area contributed by atoms with E-state index >= 15 is 0 Å². The molecule has 0 radical (unpaired) electrons. The van der Waals surface area contributed by atoms with Crippen LogP contribution in [0, 0.1) is 12.3 Å². The molecule has 0 bridgehead atoms. The van der Waals surface area contributed by atoms with Crippen LogP contribution in [0.15, 0.2) is 0 Å². The van der Waals surface area contributed by atoms with E-state index in [1.165, 1.54) is 0 Å². The number of rotatable bonds is 7. The third-order valence-corrected chi connectivity index (χ3v) is 2.40. The lowest BCUT2D eigenvalue weighted by atomic mass is 10.1. The molecule has 0 spiro atoms. The molecule has 0 aromatic carbocycles. The summed E-state index contributed by atoms with van der Waals surface area (Å²) in [6.45, 7) is 7.19. The summed E-state index contributed by atoms with van der Waals surface area (Å²) in [5.74, 6) is 1.91. The number of ether oxygens (including phenoxy) is 2. The largest absolute Gasteiger partial charge is 0.444 e. The molecule has 0 aromatic heterocycles. The molecular weight excluding hydrogens is 260 g/mol. The Morgan fingerprint density at radius 3 is 2.45 bits per heavy atom. The molecule has 0 fully saturated rings. The molecule has 0 saturated carbocycles. The number of hydrogen-bond donors (Lipinski definition) is 2. The van der Waals surface area contributed by atoms with Gasteiger partial charge in [-0.2, -0.15) is 0 Å². The molecule has 6 heteroatoms. The predicted molar refractivity (Wildman–Crippen MR) is 75.8 cm³/mol. The van der Waals surface area contributed by atoms with Crippen LogP contribution in [0.1, 0.15) is 40.5 Å². The quantitative estimate of drug-likeness (QED) is 0.687. The Hall–Kier alpha value is -1.74. The van der Waals surface area contributed by atoms with E-state index in [1.54, 1.807) is 27.7 Å². The molecule has 0 aliphatic carbocycles. The number of carbonyl (C=O) groups excluding carboxylic acids is 2. The first kappa shape index (κ1) is 18.3. The summed E-state index contributed by atoms with van der Waals surface area (Å²) < 4.78 is 10.5. The molecule has 0 aliphatic heterocycles. The number of nitrogens with two attached hydrogens (primary N) is 1. The zero-order valence-electron chi connectivity index (χ0n) is 12.6. The fourth-order valence-corrected chi connectivity index (χ4v) is 1.48. The highest BCUT2D eigenvalue weighted by molar-refractivity contribution is 5.74. The van der Waals surface area contributed by atoms with Crippen molar-refractivity contribution in [1.29, 1.82) is 0 Å². The molecule has 0 unspecified atom stereocenters. The van der Waals surface area contributed by atoms with E-state index in [0.717, 1.165) is 0 Å². The van der Waals surface area contributed by atoms with Crippen LogP contribution in [0.2, 0.25) is 0 Å². The smallest absolute Gasteiger partial charge is 0.407 e. The number of primary amides is 1. The first-order chi connectivity index (χ1) is 9.15. The van der Waals surface area contributed by atoms with Gasteiger partial charge < -0.3 is 20.5 Å². The number of carbonyl (C=O) groups is 2. The van der Waals surface area contributed by atoms with E-state index in [4.69, 9.17) is 21.6 Å². The van der Waals surface area contributed by atoms with Crippen LogP contribution in [0.5, 0.6) is 0 Å². The van der Waals surface area contributed by atoms with Gasteiger partial charge in [0.25, 0.3) is 0 Å². The highest BCUT2D eigenvalue weighted by Crippen LogP contribution is 2.10. The zero-order valence-corrected chi connectivity index (χ0v) is 12.6. The minimum absolute atomic E-state index is 0.129. The first-order valence-electron chi connectivity index (χ1n) is 6.48. The van der Waals surface area contributed by atoms with Gasteiger partial charge in [-0.15, -0.1) is 6.42 Å². The summed E-state index contributed by atoms with van der Waals surface area (Å²) in [7, 11) is 0. The van der Waals surface area contributed by atoms with Gasteiger partial charge in [0.15, 0.2) is 0 Å². The highest BCUT2D eigenvalue weighted by atomic mass is 16.6. The van der Waals surface area contributed by atoms with E-state index in [-0.39, 0.29) is 19.1 Å². The van der Waals surface area contributed by atoms with Crippen molar-refractivity contribution in [2.24, 2.45) is 5.73 Å². The number of amides is 2. The van der Waals surface area contributed by atoms with Crippen LogP contribution in [0.4, 0.5) is 4.79 Å². The van der Waals surface area contributed by atoms with Gasteiger partial charge >= 0.3 is 6.09 Å². The van der Waals surface area contributed by atoms with Crippen LogP contribution in [0.25, 0.3) is 0 Å². The normalized spacial score (nSPS) is 13.9. The van der Waals surface area contributed by atoms with E-state index in [9.17, 15) is 9.59 Å². The molecule has 3 N–H and O–H groups in total. The number of terminal acetylenes is 1. The lowest BCUT2D eigenvalue weighted by Crippen LogP contribution is -2.45. The molecule has 0 heterocycles. The summed E-state index contributed by atoms with van der Waals surface area (Å²) in [6, 6.07) is -0.398. The molecule has 0 aromatic rings. The van der Waals surface area contributed by atoms with Crippen molar-refractivity contribution in [3.8, 4) is 12.3 Å². The Bertz CT molecular complexity index is 368. The maximum Gasteiger partial charge on any atom is 0.407 e. The molecule has 0 aliphatic rings. The summed E-state index contributed by atoms with van der Waals surface area (Å²) in [5, 5.41) is 2.68. The maximum absolute atomic E-state index is 11.7. The SMILES string of the molecule is C#CCO[C@H](C)[C@H](CCC(N)=O)NC(=O)OC(C)(C)C. The second-order valence-electron chi connectivity index (χ2n) is 5.48. The van der Waals surface area contributed by atoms with Crippen LogP contribution < -0.4 is 11.1 Å². The van der Waals surface area contributed by atoms with Crippen molar-refractivity contribution in [1.82, 2.24) is 5.32 Å². The second kappa shape index (κ2) is 8.43. The molecule has 114 valence electrons. The molecule has 2 atom stereocenters. The highest BCUT2D eigenvalue weighted by Gasteiger charge is 2.24. The Balaban J connectivity index is 4.55. The Kier molecular flexibility index (Phi) is 7.70. The monoisotopic (exact) mass is 284 g/mol. The maximum atomic E-state index is 11.7. The van der Waals surface area contributed by atoms with E-state index < -0.39 is 23.6 Å². The Morgan fingerprint density at radius 1 is 1.40 bits per heavy atom. The molecule has 0 rings (SSSR count). The van der Waals surface area contributed by atoms with Crippen molar-refractivity contribution >= 4 is 12.0 Å². The summed E-state index contributed by atoms with van der Waals surface area (Å²) in [4.78, 5) is 22.6. The van der Waals surface area contributed by atoms with E-state index in [0.29, 0.717) is 6.42 Å². The average Bonchev–Trinajstić information content (AvgIpc) is 2.28. The fraction of sp³-hybridized carbons (Fsp3) is 0.714. The standard InChI is InChI=1S/C14H24N2O4/c1-6-9-19-10(2)11(7-8-12(15)17)16-13(18)20-14(3,4)5/h1,10-11H,7-9H2,2-5H3,(H2,15,17)(H,16,18)/t10-,11+/m1/s1. The van der Waals surface area contributed by atoms with Gasteiger partial charge in [0.2, 0.25) is 5.91 Å². The summed E-state index contributed by atoms with van der Waals surface area (Å²) >= 11 is 0. The third-order valence-electron chi connectivity index (χ3n) is 2.40. The van der Waals surface area contributed by atoms with Crippen molar-refractivity contribution in [3.63, 3.8) is 0 Å². The molecule has 2 amide bonds. The predicted octanol–water partition coefficient (Wildman–Crippen LogP) is 1.18. The Morgan fingerprint density at radius 2 is 2.00 bits per heavy atom. The van der Waals surface area contributed by atoms with Gasteiger partial charge in [-0.3, -0.25) is 4.79 Å². The van der Waals surface area contributed by atoms with Gasteiger partial charge in [0, 0.05) is 6.42 Å². The molecule has 0 saturated heterocycles. The van der Waals surface area contributed by atoms with Gasteiger partial charge in [0.1, 0.15) is 12.2 Å². The minimum Gasteiger partial charge on any atom is -0.444 e. The van der Waals surface area contributed by atoms with E-state index in [2.05, 4.69) is 11.2 Å². The van der Waals surface area contributed by atoms with E-state index in [1.807, 2.05) is 0 Å². The first-order valence-corrected chi connectivity index (χ1v) is 6.48. The van der Waals surface area contributed by atoms with Crippen LogP contribution >= 0.6 is 0 Å². The van der Waals surface area contributed by atoms with Crippen molar-refractivity contribution in [3.05, 3.63) is 0 Å². The average molecular weight is 284 g/mol. The topological polar surface area (TPSA) is 90.6 Å². The van der Waals surface area contributed by atoms with Gasteiger partial charge in [-0.1, -0.05) is 5.92 Å². The van der Waals surface area contributed by atoms with Crippen LogP contribution in [-0.4, -0.2) is 36.4 Å². The Labute approximate surface area is 120 Å². The number of nitrogens with one attached hydrogen (secondary N) is 1. The van der Waals surface area contributed by atoms with Gasteiger partial charge in [0.05, 0.1) is 12.1 Å². The van der Waals surface area contributed by atoms with Crippen molar-refractivity contribution in [2.45, 2.75) is 58.3 Å². The van der Waals surface area contributed by atoms with Crippen LogP contribution in [-0.2, 0) is 14.3 Å². The van der Waals surface area contributed by atoms with Crippen molar-refractivity contribution in [2.75, 3.05) is 6.61 Å². The number of hydrogen-bond acceptors (Lipinski definition) is 4. The van der Waals surface area contributed by atoms with Crippen LogP contribution in [0.3, 0.4) is 0 Å². The summed E-state index contributed by atoms with van der Waals surface area (Å²) in [6.07, 6.45) is 4.71. The lowest BCUT2D eigenvalue weighted by molar-refractivity contribution is -0.118. The van der Waals surface area contributed by atoms with Crippen molar-refractivity contribution < 1.29 is 19.1 Å². The number of alkyl carbamates (subject to hydrolysis) is 1. The molecule has 20 heavy (non-hydrogen) atoms. The van der Waals surface area contributed by atoms with Gasteiger partial charge in [-0.25, -0.2) is 4.79 Å².